The lowest BCUT2D eigenvalue weighted by Gasteiger charge is -2.24. The van der Waals surface area contributed by atoms with Crippen LogP contribution in [-0.4, -0.2) is 52.0 Å². The van der Waals surface area contributed by atoms with Gasteiger partial charge < -0.3 is 14.6 Å². The van der Waals surface area contributed by atoms with Crippen molar-refractivity contribution >= 4 is 0 Å². The van der Waals surface area contributed by atoms with Gasteiger partial charge in [-0.1, -0.05) is 0 Å². The molecule has 5 nitrogen and oxygen atoms in total. The monoisotopic (exact) mass is 224 g/mol. The molecule has 1 N–H and O–H groups in total. The van der Waals surface area contributed by atoms with Crippen LogP contribution >= 0.6 is 0 Å². The summed E-state index contributed by atoms with van der Waals surface area (Å²) in [5, 5.41) is 17.8. The van der Waals surface area contributed by atoms with E-state index >= 15 is 0 Å². The second-order valence-corrected chi connectivity index (χ2v) is 4.68. The Hall–Kier alpha value is -0.940. The summed E-state index contributed by atoms with van der Waals surface area (Å²) in [5.41, 5.74) is 0. The Bertz CT molecular complexity index is 348. The van der Waals surface area contributed by atoms with Gasteiger partial charge in [-0.25, -0.2) is 0 Å². The van der Waals surface area contributed by atoms with E-state index in [1.165, 1.54) is 0 Å². The van der Waals surface area contributed by atoms with Gasteiger partial charge in [0.1, 0.15) is 11.6 Å². The third-order valence-electron chi connectivity index (χ3n) is 3.13. The molecule has 1 aliphatic rings. The molecular formula is C11H20N4O. The van der Waals surface area contributed by atoms with Crippen LogP contribution in [0.15, 0.2) is 0 Å². The summed E-state index contributed by atoms with van der Waals surface area (Å²) in [4.78, 5) is 2.14. The van der Waals surface area contributed by atoms with E-state index in [9.17, 15) is 5.11 Å². The van der Waals surface area contributed by atoms with Gasteiger partial charge in [-0.15, -0.1) is 10.2 Å². The van der Waals surface area contributed by atoms with E-state index in [0.29, 0.717) is 0 Å². The van der Waals surface area contributed by atoms with Crippen molar-refractivity contribution in [2.75, 3.05) is 27.2 Å². The maximum atomic E-state index is 9.37. The molecule has 2 rings (SSSR count). The standard InChI is InChI=1S/C11H20N4O/c1-14(2)7-6-11-13-12-10-5-3-4-9(8-16)15(10)11/h9,16H,3-8H2,1-2H3. The SMILES string of the molecule is CN(C)CCc1nnc2n1C(CO)CCC2. The van der Waals surface area contributed by atoms with Crippen molar-refractivity contribution in [2.24, 2.45) is 0 Å². The molecule has 0 spiro atoms. The second-order valence-electron chi connectivity index (χ2n) is 4.68. The average molecular weight is 224 g/mol. The molecule has 0 fully saturated rings. The molecule has 0 saturated carbocycles. The minimum atomic E-state index is 0.191. The van der Waals surface area contributed by atoms with Crippen LogP contribution in [0.5, 0.6) is 0 Å². The first-order chi connectivity index (χ1) is 7.72. The molecule has 1 unspecified atom stereocenters. The Morgan fingerprint density at radius 1 is 1.44 bits per heavy atom. The van der Waals surface area contributed by atoms with Gasteiger partial charge in [0.05, 0.1) is 12.6 Å². The summed E-state index contributed by atoms with van der Waals surface area (Å²) in [6, 6.07) is 0.191. The molecule has 1 atom stereocenters. The topological polar surface area (TPSA) is 54.2 Å². The zero-order chi connectivity index (χ0) is 11.5. The molecule has 0 saturated heterocycles. The van der Waals surface area contributed by atoms with Gasteiger partial charge in [0.2, 0.25) is 0 Å². The second kappa shape index (κ2) is 4.93. The molecule has 16 heavy (non-hydrogen) atoms. The molecule has 0 bridgehead atoms. The summed E-state index contributed by atoms with van der Waals surface area (Å²) in [6.07, 6.45) is 4.04. The molecule has 1 aliphatic heterocycles. The molecule has 1 aromatic rings. The Morgan fingerprint density at radius 2 is 2.25 bits per heavy atom. The van der Waals surface area contributed by atoms with Gasteiger partial charge in [-0.05, 0) is 26.9 Å². The Morgan fingerprint density at radius 3 is 2.94 bits per heavy atom. The van der Waals surface area contributed by atoms with Gasteiger partial charge in [0.25, 0.3) is 0 Å². The summed E-state index contributed by atoms with van der Waals surface area (Å²) >= 11 is 0. The lowest BCUT2D eigenvalue weighted by molar-refractivity contribution is 0.202. The van der Waals surface area contributed by atoms with Crippen LogP contribution in [0.25, 0.3) is 0 Å². The summed E-state index contributed by atoms with van der Waals surface area (Å²) < 4.78 is 2.15. The van der Waals surface area contributed by atoms with Crippen LogP contribution in [0, 0.1) is 0 Å². The Kier molecular flexibility index (Phi) is 3.56. The van der Waals surface area contributed by atoms with Gasteiger partial charge in [0, 0.05) is 19.4 Å². The summed E-state index contributed by atoms with van der Waals surface area (Å²) in [7, 11) is 4.11. The predicted molar refractivity (Wildman–Crippen MR) is 61.3 cm³/mol. The number of hydrogen-bond acceptors (Lipinski definition) is 4. The zero-order valence-electron chi connectivity index (χ0n) is 10.1. The number of fused-ring (bicyclic) bond motifs is 1. The highest BCUT2D eigenvalue weighted by Crippen LogP contribution is 2.24. The van der Waals surface area contributed by atoms with Crippen LogP contribution in [-0.2, 0) is 12.8 Å². The quantitative estimate of drug-likeness (QED) is 0.796. The lowest BCUT2D eigenvalue weighted by Crippen LogP contribution is -2.24. The first-order valence-corrected chi connectivity index (χ1v) is 5.90. The number of likely N-dealkylation sites (N-methyl/N-ethyl adjacent to an activating group) is 1. The molecule has 0 aliphatic carbocycles. The minimum Gasteiger partial charge on any atom is -0.394 e. The van der Waals surface area contributed by atoms with Crippen LogP contribution in [0.4, 0.5) is 0 Å². The fraction of sp³-hybridized carbons (Fsp3) is 0.818. The molecule has 0 aromatic carbocycles. The zero-order valence-corrected chi connectivity index (χ0v) is 10.1. The van der Waals surface area contributed by atoms with Crippen LogP contribution in [0.3, 0.4) is 0 Å². The van der Waals surface area contributed by atoms with Crippen LogP contribution in [0.1, 0.15) is 30.5 Å². The molecule has 90 valence electrons. The van der Waals surface area contributed by atoms with Crippen molar-refractivity contribution < 1.29 is 5.11 Å². The fourth-order valence-corrected chi connectivity index (χ4v) is 2.24. The fourth-order valence-electron chi connectivity index (χ4n) is 2.24. The van der Waals surface area contributed by atoms with Crippen LogP contribution < -0.4 is 0 Å². The molecule has 2 heterocycles. The Labute approximate surface area is 96.1 Å². The van der Waals surface area contributed by atoms with E-state index < -0.39 is 0 Å². The van der Waals surface area contributed by atoms with E-state index in [0.717, 1.165) is 43.9 Å². The normalized spacial score (nSPS) is 20.1. The highest BCUT2D eigenvalue weighted by Gasteiger charge is 2.23. The summed E-state index contributed by atoms with van der Waals surface area (Å²) in [6.45, 7) is 1.16. The Balaban J connectivity index is 2.17. The maximum absolute atomic E-state index is 9.37. The number of aliphatic hydroxyl groups is 1. The highest BCUT2D eigenvalue weighted by atomic mass is 16.3. The van der Waals surface area contributed by atoms with Crippen molar-refractivity contribution in [1.29, 1.82) is 0 Å². The first-order valence-electron chi connectivity index (χ1n) is 5.90. The third kappa shape index (κ3) is 2.25. The largest absolute Gasteiger partial charge is 0.394 e. The number of aromatic nitrogens is 3. The number of aliphatic hydroxyl groups excluding tert-OH is 1. The van der Waals surface area contributed by atoms with Gasteiger partial charge in [0.15, 0.2) is 0 Å². The summed E-state index contributed by atoms with van der Waals surface area (Å²) in [5.74, 6) is 2.06. The number of rotatable bonds is 4. The van der Waals surface area contributed by atoms with Crippen molar-refractivity contribution in [3.63, 3.8) is 0 Å². The smallest absolute Gasteiger partial charge is 0.134 e. The van der Waals surface area contributed by atoms with E-state index in [2.05, 4.69) is 33.8 Å². The average Bonchev–Trinajstić information content (AvgIpc) is 2.69. The van der Waals surface area contributed by atoms with Gasteiger partial charge in [-0.3, -0.25) is 0 Å². The van der Waals surface area contributed by atoms with Crippen molar-refractivity contribution in [3.05, 3.63) is 11.6 Å². The van der Waals surface area contributed by atoms with Crippen molar-refractivity contribution in [1.82, 2.24) is 19.7 Å². The molecule has 0 radical (unpaired) electrons. The molecule has 1 aromatic heterocycles. The van der Waals surface area contributed by atoms with Crippen LogP contribution in [0.2, 0.25) is 0 Å². The van der Waals surface area contributed by atoms with Crippen molar-refractivity contribution in [3.8, 4) is 0 Å². The van der Waals surface area contributed by atoms with Crippen molar-refractivity contribution in [2.45, 2.75) is 31.7 Å². The number of aryl methyl sites for hydroxylation is 1. The molecular weight excluding hydrogens is 204 g/mol. The van der Waals surface area contributed by atoms with E-state index in [-0.39, 0.29) is 12.6 Å². The predicted octanol–water partition coefficient (Wildman–Crippen LogP) is 0.252. The maximum Gasteiger partial charge on any atom is 0.134 e. The van der Waals surface area contributed by atoms with Gasteiger partial charge in [-0.2, -0.15) is 0 Å². The molecule has 5 heteroatoms. The number of nitrogens with zero attached hydrogens (tertiary/aromatic N) is 4. The third-order valence-corrected chi connectivity index (χ3v) is 3.13. The van der Waals surface area contributed by atoms with E-state index in [1.54, 1.807) is 0 Å². The van der Waals surface area contributed by atoms with E-state index in [4.69, 9.17) is 0 Å². The van der Waals surface area contributed by atoms with E-state index in [1.807, 2.05) is 0 Å². The number of hydrogen-bond donors (Lipinski definition) is 1. The van der Waals surface area contributed by atoms with Gasteiger partial charge >= 0.3 is 0 Å². The molecule has 0 amide bonds. The minimum absolute atomic E-state index is 0.191. The first kappa shape index (κ1) is 11.5. The lowest BCUT2D eigenvalue weighted by atomic mass is 10.0. The highest BCUT2D eigenvalue weighted by molar-refractivity contribution is 5.02.